The standard InChI is InChI=1S/C9H10ClN5O/c1-5-13-9(15-16-5)4-12-8-3-6(11)2-7(10)14-8/h2-3H,4H2,1H3,(H3,11,12,14). The molecule has 0 fully saturated rings. The maximum atomic E-state index is 5.76. The van der Waals surface area contributed by atoms with Gasteiger partial charge in [-0.15, -0.1) is 0 Å². The van der Waals surface area contributed by atoms with E-state index in [2.05, 4.69) is 20.4 Å². The maximum Gasteiger partial charge on any atom is 0.223 e. The van der Waals surface area contributed by atoms with Gasteiger partial charge in [0.25, 0.3) is 0 Å². The first kappa shape index (κ1) is 10.7. The van der Waals surface area contributed by atoms with E-state index in [1.54, 1.807) is 19.1 Å². The molecule has 0 bridgehead atoms. The van der Waals surface area contributed by atoms with Crippen LogP contribution in [0.4, 0.5) is 11.5 Å². The summed E-state index contributed by atoms with van der Waals surface area (Å²) in [5, 5.41) is 7.07. The van der Waals surface area contributed by atoms with Crippen molar-refractivity contribution in [2.45, 2.75) is 13.5 Å². The number of nitrogen functional groups attached to an aromatic ring is 1. The van der Waals surface area contributed by atoms with Crippen molar-refractivity contribution in [1.82, 2.24) is 15.1 Å². The number of halogens is 1. The Morgan fingerprint density at radius 3 is 2.88 bits per heavy atom. The zero-order valence-corrected chi connectivity index (χ0v) is 9.32. The van der Waals surface area contributed by atoms with Crippen LogP contribution in [0.25, 0.3) is 0 Å². The quantitative estimate of drug-likeness (QED) is 0.791. The van der Waals surface area contributed by atoms with E-state index in [0.717, 1.165) is 0 Å². The number of aryl methyl sites for hydroxylation is 1. The Morgan fingerprint density at radius 1 is 1.44 bits per heavy atom. The predicted molar refractivity (Wildman–Crippen MR) is 60.0 cm³/mol. The van der Waals surface area contributed by atoms with E-state index in [4.69, 9.17) is 21.9 Å². The van der Waals surface area contributed by atoms with Crippen LogP contribution < -0.4 is 11.1 Å². The summed E-state index contributed by atoms with van der Waals surface area (Å²) >= 11 is 5.76. The lowest BCUT2D eigenvalue weighted by atomic mass is 10.4. The van der Waals surface area contributed by atoms with Crippen LogP contribution in [0, 0.1) is 6.92 Å². The maximum absolute atomic E-state index is 5.76. The third-order valence-corrected chi connectivity index (χ3v) is 2.01. The minimum Gasteiger partial charge on any atom is -0.399 e. The Hall–Kier alpha value is -1.82. The molecule has 0 amide bonds. The molecule has 0 unspecified atom stereocenters. The van der Waals surface area contributed by atoms with Gasteiger partial charge >= 0.3 is 0 Å². The fourth-order valence-corrected chi connectivity index (χ4v) is 1.41. The van der Waals surface area contributed by atoms with Crippen molar-refractivity contribution in [1.29, 1.82) is 0 Å². The molecule has 0 radical (unpaired) electrons. The van der Waals surface area contributed by atoms with Crippen molar-refractivity contribution in [3.8, 4) is 0 Å². The second-order valence-electron chi connectivity index (χ2n) is 3.19. The monoisotopic (exact) mass is 239 g/mol. The van der Waals surface area contributed by atoms with Crippen LogP contribution in [0.1, 0.15) is 11.7 Å². The van der Waals surface area contributed by atoms with Crippen molar-refractivity contribution in [3.63, 3.8) is 0 Å². The molecular formula is C9H10ClN5O. The first-order valence-electron chi connectivity index (χ1n) is 4.59. The minimum atomic E-state index is 0.340. The Balaban J connectivity index is 2.04. The number of rotatable bonds is 3. The molecule has 2 heterocycles. The van der Waals surface area contributed by atoms with Gasteiger partial charge in [0.05, 0.1) is 6.54 Å². The first-order valence-corrected chi connectivity index (χ1v) is 4.97. The zero-order chi connectivity index (χ0) is 11.5. The lowest BCUT2D eigenvalue weighted by Crippen LogP contribution is -2.03. The second-order valence-corrected chi connectivity index (χ2v) is 3.58. The summed E-state index contributed by atoms with van der Waals surface area (Å²) in [6.45, 7) is 2.14. The minimum absolute atomic E-state index is 0.340. The second kappa shape index (κ2) is 4.36. The van der Waals surface area contributed by atoms with Crippen molar-refractivity contribution in [3.05, 3.63) is 29.0 Å². The number of aromatic nitrogens is 3. The van der Waals surface area contributed by atoms with E-state index in [1.165, 1.54) is 0 Å². The average molecular weight is 240 g/mol. The highest BCUT2D eigenvalue weighted by molar-refractivity contribution is 6.29. The number of pyridine rings is 1. The Labute approximate surface area is 96.8 Å². The van der Waals surface area contributed by atoms with Crippen LogP contribution in [-0.4, -0.2) is 15.1 Å². The third kappa shape index (κ3) is 2.60. The largest absolute Gasteiger partial charge is 0.399 e. The van der Waals surface area contributed by atoms with Gasteiger partial charge in [-0.25, -0.2) is 4.98 Å². The number of hydrogen-bond acceptors (Lipinski definition) is 6. The van der Waals surface area contributed by atoms with Crippen LogP contribution >= 0.6 is 11.6 Å². The lowest BCUT2D eigenvalue weighted by molar-refractivity contribution is 0.388. The highest BCUT2D eigenvalue weighted by Crippen LogP contribution is 2.16. The molecule has 2 aromatic heterocycles. The topological polar surface area (TPSA) is 89.9 Å². The molecule has 7 heteroatoms. The zero-order valence-electron chi connectivity index (χ0n) is 8.57. The number of hydrogen-bond donors (Lipinski definition) is 2. The molecule has 84 valence electrons. The molecule has 2 rings (SSSR count). The van der Waals surface area contributed by atoms with E-state index in [-0.39, 0.29) is 0 Å². The Morgan fingerprint density at radius 2 is 2.25 bits per heavy atom. The van der Waals surface area contributed by atoms with Gasteiger partial charge in [-0.3, -0.25) is 0 Å². The van der Waals surface area contributed by atoms with Crippen molar-refractivity contribution in [2.24, 2.45) is 0 Å². The van der Waals surface area contributed by atoms with Crippen LogP contribution in [0.5, 0.6) is 0 Å². The highest BCUT2D eigenvalue weighted by atomic mass is 35.5. The first-order chi connectivity index (χ1) is 7.63. The fourth-order valence-electron chi connectivity index (χ4n) is 1.19. The van der Waals surface area contributed by atoms with Crippen molar-refractivity contribution >= 4 is 23.1 Å². The number of nitrogens with two attached hydrogens (primary N) is 1. The molecule has 0 saturated carbocycles. The summed E-state index contributed by atoms with van der Waals surface area (Å²) in [5.74, 6) is 1.65. The smallest absolute Gasteiger partial charge is 0.223 e. The van der Waals surface area contributed by atoms with Gasteiger partial charge < -0.3 is 15.6 Å². The van der Waals surface area contributed by atoms with Crippen LogP contribution in [0.2, 0.25) is 5.15 Å². The summed E-state index contributed by atoms with van der Waals surface area (Å²) in [6, 6.07) is 3.25. The highest BCUT2D eigenvalue weighted by Gasteiger charge is 2.03. The molecule has 0 aliphatic heterocycles. The van der Waals surface area contributed by atoms with Gasteiger partial charge in [-0.05, 0) is 6.07 Å². The number of anilines is 2. The summed E-state index contributed by atoms with van der Waals surface area (Å²) in [6.07, 6.45) is 0. The van der Waals surface area contributed by atoms with E-state index in [0.29, 0.717) is 34.9 Å². The summed E-state index contributed by atoms with van der Waals surface area (Å²) in [7, 11) is 0. The number of nitrogens with one attached hydrogen (secondary N) is 1. The molecule has 0 spiro atoms. The summed E-state index contributed by atoms with van der Waals surface area (Å²) in [4.78, 5) is 8.08. The normalized spacial score (nSPS) is 10.4. The van der Waals surface area contributed by atoms with Gasteiger partial charge in [0.1, 0.15) is 11.0 Å². The molecule has 6 nitrogen and oxygen atoms in total. The molecule has 0 aromatic carbocycles. The van der Waals surface area contributed by atoms with Crippen LogP contribution in [0.3, 0.4) is 0 Å². The van der Waals surface area contributed by atoms with Crippen LogP contribution in [0.15, 0.2) is 16.7 Å². The third-order valence-electron chi connectivity index (χ3n) is 1.81. The predicted octanol–water partition coefficient (Wildman–Crippen LogP) is 1.62. The lowest BCUT2D eigenvalue weighted by Gasteiger charge is -2.03. The van der Waals surface area contributed by atoms with Crippen LogP contribution in [-0.2, 0) is 6.54 Å². The molecule has 0 atom stereocenters. The molecule has 0 saturated heterocycles. The Kier molecular flexibility index (Phi) is 2.91. The van der Waals surface area contributed by atoms with Gasteiger partial charge in [0.2, 0.25) is 5.89 Å². The van der Waals surface area contributed by atoms with E-state index in [9.17, 15) is 0 Å². The Bertz CT molecular complexity index is 478. The molecule has 2 aromatic rings. The average Bonchev–Trinajstić information content (AvgIpc) is 2.60. The van der Waals surface area contributed by atoms with E-state index < -0.39 is 0 Å². The van der Waals surface area contributed by atoms with E-state index in [1.807, 2.05) is 0 Å². The van der Waals surface area contributed by atoms with Crippen molar-refractivity contribution < 1.29 is 4.52 Å². The van der Waals surface area contributed by atoms with E-state index >= 15 is 0 Å². The van der Waals surface area contributed by atoms with Gasteiger partial charge in [0.15, 0.2) is 5.82 Å². The molecule has 3 N–H and O–H groups in total. The molecular weight excluding hydrogens is 230 g/mol. The summed E-state index contributed by atoms with van der Waals surface area (Å²) in [5.41, 5.74) is 6.17. The number of nitrogens with zero attached hydrogens (tertiary/aromatic N) is 3. The van der Waals surface area contributed by atoms with Gasteiger partial charge in [-0.1, -0.05) is 16.8 Å². The molecule has 0 aliphatic rings. The molecule has 0 aliphatic carbocycles. The summed E-state index contributed by atoms with van der Waals surface area (Å²) < 4.78 is 4.83. The van der Waals surface area contributed by atoms with Crippen molar-refractivity contribution in [2.75, 3.05) is 11.1 Å². The molecule has 16 heavy (non-hydrogen) atoms. The fraction of sp³-hybridized carbons (Fsp3) is 0.222. The van der Waals surface area contributed by atoms with Gasteiger partial charge in [-0.2, -0.15) is 4.98 Å². The SMILES string of the molecule is Cc1nc(CNc2cc(N)cc(Cl)n2)no1. The van der Waals surface area contributed by atoms with Gasteiger partial charge in [0, 0.05) is 18.7 Å².